The van der Waals surface area contributed by atoms with Gasteiger partial charge in [-0.25, -0.2) is 0 Å². The minimum Gasteiger partial charge on any atom is -0.353 e. The zero-order valence-corrected chi connectivity index (χ0v) is 11.9. The van der Waals surface area contributed by atoms with Crippen LogP contribution in [0.1, 0.15) is 39.5 Å². The SMILES string of the molecule is CCC1C(=O)NCCN1C(=O)C1C(C)CCCC1N. The summed E-state index contributed by atoms with van der Waals surface area (Å²) in [6.07, 6.45) is 3.73. The van der Waals surface area contributed by atoms with Crippen LogP contribution in [-0.4, -0.2) is 41.9 Å². The summed E-state index contributed by atoms with van der Waals surface area (Å²) in [5.74, 6) is 0.257. The first kappa shape index (κ1) is 14.3. The molecule has 5 heteroatoms. The van der Waals surface area contributed by atoms with Crippen molar-refractivity contribution in [3.05, 3.63) is 0 Å². The van der Waals surface area contributed by atoms with Gasteiger partial charge in [-0.3, -0.25) is 9.59 Å². The second kappa shape index (κ2) is 5.90. The van der Waals surface area contributed by atoms with Gasteiger partial charge in [0.15, 0.2) is 0 Å². The van der Waals surface area contributed by atoms with E-state index < -0.39 is 0 Å². The molecule has 0 spiro atoms. The molecule has 0 aromatic carbocycles. The lowest BCUT2D eigenvalue weighted by Crippen LogP contribution is -2.60. The number of nitrogens with zero attached hydrogens (tertiary/aromatic N) is 1. The third kappa shape index (κ3) is 2.76. The van der Waals surface area contributed by atoms with Crippen molar-refractivity contribution in [2.75, 3.05) is 13.1 Å². The predicted molar refractivity (Wildman–Crippen MR) is 73.3 cm³/mol. The smallest absolute Gasteiger partial charge is 0.242 e. The molecule has 1 aliphatic carbocycles. The van der Waals surface area contributed by atoms with Gasteiger partial charge in [-0.15, -0.1) is 0 Å². The maximum absolute atomic E-state index is 12.8. The zero-order valence-electron chi connectivity index (χ0n) is 11.9. The van der Waals surface area contributed by atoms with Crippen LogP contribution in [0.4, 0.5) is 0 Å². The number of amides is 2. The lowest BCUT2D eigenvalue weighted by atomic mass is 9.76. The number of carbonyl (C=O) groups is 2. The van der Waals surface area contributed by atoms with Crippen molar-refractivity contribution in [3.63, 3.8) is 0 Å². The van der Waals surface area contributed by atoms with E-state index in [0.29, 0.717) is 25.4 Å². The van der Waals surface area contributed by atoms with E-state index in [1.54, 1.807) is 4.90 Å². The third-order valence-corrected chi connectivity index (χ3v) is 4.56. The van der Waals surface area contributed by atoms with E-state index in [0.717, 1.165) is 19.3 Å². The van der Waals surface area contributed by atoms with Crippen molar-refractivity contribution in [1.29, 1.82) is 0 Å². The lowest BCUT2D eigenvalue weighted by molar-refractivity contribution is -0.149. The highest BCUT2D eigenvalue weighted by Gasteiger charge is 2.40. The van der Waals surface area contributed by atoms with E-state index in [1.807, 2.05) is 6.92 Å². The molecule has 1 saturated carbocycles. The average molecular weight is 267 g/mol. The van der Waals surface area contributed by atoms with E-state index in [4.69, 9.17) is 5.73 Å². The number of hydrogen-bond donors (Lipinski definition) is 2. The normalized spacial score (nSPS) is 35.9. The Morgan fingerprint density at radius 2 is 2.21 bits per heavy atom. The van der Waals surface area contributed by atoms with Crippen LogP contribution in [0.15, 0.2) is 0 Å². The van der Waals surface area contributed by atoms with Crippen LogP contribution < -0.4 is 11.1 Å². The van der Waals surface area contributed by atoms with Gasteiger partial charge in [0, 0.05) is 19.1 Å². The Labute approximate surface area is 114 Å². The van der Waals surface area contributed by atoms with Crippen molar-refractivity contribution < 1.29 is 9.59 Å². The largest absolute Gasteiger partial charge is 0.353 e. The van der Waals surface area contributed by atoms with Gasteiger partial charge in [-0.2, -0.15) is 0 Å². The van der Waals surface area contributed by atoms with E-state index in [-0.39, 0.29) is 29.8 Å². The van der Waals surface area contributed by atoms with Crippen LogP contribution >= 0.6 is 0 Å². The van der Waals surface area contributed by atoms with Gasteiger partial charge in [0.25, 0.3) is 0 Å². The zero-order chi connectivity index (χ0) is 14.0. The minimum absolute atomic E-state index is 0.0286. The molecule has 0 bridgehead atoms. The quantitative estimate of drug-likeness (QED) is 0.764. The van der Waals surface area contributed by atoms with Gasteiger partial charge in [-0.05, 0) is 25.2 Å². The summed E-state index contributed by atoms with van der Waals surface area (Å²) in [6, 6.07) is -0.374. The summed E-state index contributed by atoms with van der Waals surface area (Å²) < 4.78 is 0. The summed E-state index contributed by atoms with van der Waals surface area (Å²) in [5.41, 5.74) is 6.15. The van der Waals surface area contributed by atoms with Crippen LogP contribution in [0.5, 0.6) is 0 Å². The Hall–Kier alpha value is -1.10. The van der Waals surface area contributed by atoms with Crippen molar-refractivity contribution in [3.8, 4) is 0 Å². The van der Waals surface area contributed by atoms with Crippen LogP contribution in [0.3, 0.4) is 0 Å². The fourth-order valence-electron chi connectivity index (χ4n) is 3.46. The van der Waals surface area contributed by atoms with Gasteiger partial charge in [0.2, 0.25) is 11.8 Å². The van der Waals surface area contributed by atoms with Crippen molar-refractivity contribution in [2.45, 2.75) is 51.6 Å². The molecule has 4 atom stereocenters. The summed E-state index contributed by atoms with van der Waals surface area (Å²) in [6.45, 7) is 5.21. The molecule has 4 unspecified atom stereocenters. The second-order valence-electron chi connectivity index (χ2n) is 5.84. The third-order valence-electron chi connectivity index (χ3n) is 4.56. The summed E-state index contributed by atoms with van der Waals surface area (Å²) >= 11 is 0. The Morgan fingerprint density at radius 3 is 2.84 bits per heavy atom. The Bertz CT molecular complexity index is 349. The fraction of sp³-hybridized carbons (Fsp3) is 0.857. The Kier molecular flexibility index (Phi) is 4.45. The number of nitrogens with one attached hydrogen (secondary N) is 1. The van der Waals surface area contributed by atoms with Crippen molar-refractivity contribution in [2.24, 2.45) is 17.6 Å². The predicted octanol–water partition coefficient (Wildman–Crippen LogP) is 0.487. The molecule has 2 rings (SSSR count). The summed E-state index contributed by atoms with van der Waals surface area (Å²) in [4.78, 5) is 26.4. The standard InChI is InChI=1S/C14H25N3O2/c1-3-11-13(18)16-7-8-17(11)14(19)12-9(2)5-4-6-10(12)15/h9-12H,3-8,15H2,1-2H3,(H,16,18). The molecule has 19 heavy (non-hydrogen) atoms. The number of rotatable bonds is 2. The summed E-state index contributed by atoms with van der Waals surface area (Å²) in [7, 11) is 0. The molecule has 1 saturated heterocycles. The van der Waals surface area contributed by atoms with Gasteiger partial charge in [0.1, 0.15) is 6.04 Å². The number of hydrogen-bond acceptors (Lipinski definition) is 3. The Balaban J connectivity index is 2.14. The van der Waals surface area contributed by atoms with Crippen molar-refractivity contribution >= 4 is 11.8 Å². The maximum atomic E-state index is 12.8. The molecule has 0 radical (unpaired) electrons. The average Bonchev–Trinajstić information content (AvgIpc) is 2.38. The molecule has 108 valence electrons. The first-order valence-corrected chi connectivity index (χ1v) is 7.40. The monoisotopic (exact) mass is 267 g/mol. The first-order chi connectivity index (χ1) is 9.06. The molecular weight excluding hydrogens is 242 g/mol. The van der Waals surface area contributed by atoms with Gasteiger partial charge < -0.3 is 16.0 Å². The number of carbonyl (C=O) groups excluding carboxylic acids is 2. The van der Waals surface area contributed by atoms with Crippen LogP contribution in [0, 0.1) is 11.8 Å². The number of nitrogens with two attached hydrogens (primary N) is 1. The number of piperazine rings is 1. The minimum atomic E-state index is -0.317. The summed E-state index contributed by atoms with van der Waals surface area (Å²) in [5, 5.41) is 2.83. The molecule has 2 fully saturated rings. The second-order valence-corrected chi connectivity index (χ2v) is 5.84. The van der Waals surface area contributed by atoms with Gasteiger partial charge >= 0.3 is 0 Å². The molecule has 1 heterocycles. The van der Waals surface area contributed by atoms with E-state index >= 15 is 0 Å². The molecular formula is C14H25N3O2. The highest BCUT2D eigenvalue weighted by Crippen LogP contribution is 2.31. The van der Waals surface area contributed by atoms with E-state index in [2.05, 4.69) is 12.2 Å². The molecule has 5 nitrogen and oxygen atoms in total. The molecule has 2 amide bonds. The van der Waals surface area contributed by atoms with Crippen LogP contribution in [0.2, 0.25) is 0 Å². The topological polar surface area (TPSA) is 75.4 Å². The maximum Gasteiger partial charge on any atom is 0.242 e. The fourth-order valence-corrected chi connectivity index (χ4v) is 3.46. The van der Waals surface area contributed by atoms with Crippen LogP contribution in [0.25, 0.3) is 0 Å². The molecule has 3 N–H and O–H groups in total. The lowest BCUT2D eigenvalue weighted by Gasteiger charge is -2.41. The van der Waals surface area contributed by atoms with Crippen LogP contribution in [-0.2, 0) is 9.59 Å². The molecule has 0 aromatic rings. The highest BCUT2D eigenvalue weighted by atomic mass is 16.2. The van der Waals surface area contributed by atoms with E-state index in [9.17, 15) is 9.59 Å². The van der Waals surface area contributed by atoms with Gasteiger partial charge in [0.05, 0.1) is 5.92 Å². The first-order valence-electron chi connectivity index (χ1n) is 7.40. The molecule has 2 aliphatic rings. The Morgan fingerprint density at radius 1 is 1.47 bits per heavy atom. The van der Waals surface area contributed by atoms with Gasteiger partial charge in [-0.1, -0.05) is 20.3 Å². The molecule has 1 aliphatic heterocycles. The van der Waals surface area contributed by atoms with Crippen molar-refractivity contribution in [1.82, 2.24) is 10.2 Å². The highest BCUT2D eigenvalue weighted by molar-refractivity contribution is 5.90. The molecule has 0 aromatic heterocycles. The van der Waals surface area contributed by atoms with E-state index in [1.165, 1.54) is 0 Å².